The van der Waals surface area contributed by atoms with E-state index >= 15 is 0 Å². The van der Waals surface area contributed by atoms with Crippen LogP contribution >= 0.6 is 0 Å². The standard InChI is InChI=1S/C20H32O3/c1-2-3-4-5-6-7-8-10-13-16-19(21)17-14-11-9-12-15-18-20(22)23/h6-7,9-11,13-14,17,19,21H,2-5,8,12,15-16,18H2,1H3,(H,22,23)/b7-6+,11-9+,13-10-,17-14+/t19-/m1/s1. The van der Waals surface area contributed by atoms with E-state index in [2.05, 4.69) is 25.2 Å². The Bertz CT molecular complexity index is 392. The fourth-order valence-corrected chi connectivity index (χ4v) is 1.95. The Morgan fingerprint density at radius 2 is 1.70 bits per heavy atom. The highest BCUT2D eigenvalue weighted by molar-refractivity contribution is 5.66. The number of carbonyl (C=O) groups is 1. The number of hydrogen-bond acceptors (Lipinski definition) is 2. The second kappa shape index (κ2) is 16.8. The number of unbranched alkanes of at least 4 members (excludes halogenated alkanes) is 4. The SMILES string of the molecule is CCCCC/C=C/C/C=C\C[C@@H](O)/C=C/C=C/CCCC(=O)O. The minimum Gasteiger partial charge on any atom is -0.481 e. The molecule has 0 aliphatic heterocycles. The normalized spacial score (nSPS) is 13.8. The highest BCUT2D eigenvalue weighted by Gasteiger charge is 1.94. The number of allylic oxidation sites excluding steroid dienone is 6. The molecule has 2 N–H and O–H groups in total. The van der Waals surface area contributed by atoms with Gasteiger partial charge in [0.05, 0.1) is 6.10 Å². The van der Waals surface area contributed by atoms with Crippen LogP contribution in [0, 0.1) is 0 Å². The minimum absolute atomic E-state index is 0.203. The van der Waals surface area contributed by atoms with Crippen LogP contribution in [0.3, 0.4) is 0 Å². The molecular weight excluding hydrogens is 288 g/mol. The van der Waals surface area contributed by atoms with Gasteiger partial charge in [0.15, 0.2) is 0 Å². The first-order chi connectivity index (χ1) is 11.2. The van der Waals surface area contributed by atoms with Gasteiger partial charge in [0.2, 0.25) is 0 Å². The van der Waals surface area contributed by atoms with Gasteiger partial charge in [-0.3, -0.25) is 4.79 Å². The molecule has 0 saturated carbocycles. The minimum atomic E-state index is -0.757. The maximum absolute atomic E-state index is 10.3. The quantitative estimate of drug-likeness (QED) is 0.263. The van der Waals surface area contributed by atoms with E-state index in [1.165, 1.54) is 19.3 Å². The van der Waals surface area contributed by atoms with Gasteiger partial charge in [-0.2, -0.15) is 0 Å². The van der Waals surface area contributed by atoms with Crippen LogP contribution in [0.25, 0.3) is 0 Å². The smallest absolute Gasteiger partial charge is 0.303 e. The second-order valence-electron chi connectivity index (χ2n) is 5.58. The lowest BCUT2D eigenvalue weighted by atomic mass is 10.2. The van der Waals surface area contributed by atoms with Crippen molar-refractivity contribution in [3.8, 4) is 0 Å². The molecule has 0 bridgehead atoms. The molecule has 0 rings (SSSR count). The van der Waals surface area contributed by atoms with E-state index in [9.17, 15) is 9.90 Å². The van der Waals surface area contributed by atoms with Crippen molar-refractivity contribution in [2.75, 3.05) is 0 Å². The predicted octanol–water partition coefficient (Wildman–Crippen LogP) is 5.19. The van der Waals surface area contributed by atoms with E-state index in [4.69, 9.17) is 5.11 Å². The third kappa shape index (κ3) is 18.3. The van der Waals surface area contributed by atoms with Crippen molar-refractivity contribution < 1.29 is 15.0 Å². The van der Waals surface area contributed by atoms with Crippen LogP contribution < -0.4 is 0 Å². The highest BCUT2D eigenvalue weighted by Crippen LogP contribution is 2.02. The first-order valence-corrected chi connectivity index (χ1v) is 8.70. The van der Waals surface area contributed by atoms with Crippen molar-refractivity contribution in [3.63, 3.8) is 0 Å². The Kier molecular flexibility index (Phi) is 15.6. The molecule has 0 fully saturated rings. The molecule has 130 valence electrons. The fraction of sp³-hybridized carbons (Fsp3) is 0.550. The number of hydrogen-bond donors (Lipinski definition) is 2. The lowest BCUT2D eigenvalue weighted by Gasteiger charge is -1.98. The number of carboxylic acid groups (broad SMARTS) is 1. The molecule has 3 heteroatoms. The van der Waals surface area contributed by atoms with Crippen molar-refractivity contribution in [3.05, 3.63) is 48.6 Å². The summed E-state index contributed by atoms with van der Waals surface area (Å²) in [6.45, 7) is 2.21. The van der Waals surface area contributed by atoms with Crippen molar-refractivity contribution in [2.45, 2.75) is 70.8 Å². The molecule has 0 radical (unpaired) electrons. The summed E-state index contributed by atoms with van der Waals surface area (Å²) in [6, 6.07) is 0. The number of aliphatic hydroxyl groups is 1. The van der Waals surface area contributed by atoms with E-state index in [0.717, 1.165) is 19.3 Å². The van der Waals surface area contributed by atoms with Gasteiger partial charge < -0.3 is 10.2 Å². The summed E-state index contributed by atoms with van der Waals surface area (Å²) < 4.78 is 0. The molecule has 0 aromatic heterocycles. The fourth-order valence-electron chi connectivity index (χ4n) is 1.95. The molecule has 0 saturated heterocycles. The van der Waals surface area contributed by atoms with Crippen molar-refractivity contribution in [1.82, 2.24) is 0 Å². The third-order valence-electron chi connectivity index (χ3n) is 3.30. The van der Waals surface area contributed by atoms with Crippen LogP contribution in [-0.4, -0.2) is 22.3 Å². The van der Waals surface area contributed by atoms with Crippen molar-refractivity contribution in [2.24, 2.45) is 0 Å². The zero-order valence-corrected chi connectivity index (χ0v) is 14.4. The van der Waals surface area contributed by atoms with Crippen molar-refractivity contribution >= 4 is 5.97 Å². The van der Waals surface area contributed by atoms with Gasteiger partial charge in [0, 0.05) is 6.42 Å². The van der Waals surface area contributed by atoms with Gasteiger partial charge in [-0.05, 0) is 38.5 Å². The summed E-state index contributed by atoms with van der Waals surface area (Å²) in [6.07, 6.45) is 23.5. The van der Waals surface area contributed by atoms with E-state index in [-0.39, 0.29) is 6.42 Å². The Morgan fingerprint density at radius 1 is 0.957 bits per heavy atom. The summed E-state index contributed by atoms with van der Waals surface area (Å²) in [4.78, 5) is 10.3. The first kappa shape index (κ1) is 21.4. The van der Waals surface area contributed by atoms with Crippen LogP contribution in [0.5, 0.6) is 0 Å². The Hall–Kier alpha value is -1.61. The summed E-state index contributed by atoms with van der Waals surface area (Å²) in [7, 11) is 0. The van der Waals surface area contributed by atoms with E-state index < -0.39 is 12.1 Å². The summed E-state index contributed by atoms with van der Waals surface area (Å²) in [5, 5.41) is 18.2. The molecule has 0 heterocycles. The van der Waals surface area contributed by atoms with Gasteiger partial charge >= 0.3 is 5.97 Å². The Balaban J connectivity index is 3.62. The van der Waals surface area contributed by atoms with Crippen LogP contribution in [-0.2, 0) is 4.79 Å². The van der Waals surface area contributed by atoms with E-state index in [0.29, 0.717) is 12.8 Å². The largest absolute Gasteiger partial charge is 0.481 e. The predicted molar refractivity (Wildman–Crippen MR) is 97.4 cm³/mol. The summed E-state index contributed by atoms with van der Waals surface area (Å²) in [5.74, 6) is -0.757. The maximum Gasteiger partial charge on any atom is 0.303 e. The molecule has 3 nitrogen and oxygen atoms in total. The lowest BCUT2D eigenvalue weighted by molar-refractivity contribution is -0.137. The lowest BCUT2D eigenvalue weighted by Crippen LogP contribution is -1.98. The number of rotatable bonds is 14. The van der Waals surface area contributed by atoms with Gasteiger partial charge in [0.1, 0.15) is 0 Å². The van der Waals surface area contributed by atoms with Crippen molar-refractivity contribution in [1.29, 1.82) is 0 Å². The average molecular weight is 320 g/mol. The molecule has 1 atom stereocenters. The van der Waals surface area contributed by atoms with Gasteiger partial charge in [0.25, 0.3) is 0 Å². The molecule has 0 aliphatic rings. The molecule has 0 aromatic carbocycles. The topological polar surface area (TPSA) is 57.5 Å². The zero-order chi connectivity index (χ0) is 17.2. The van der Waals surface area contributed by atoms with E-state index in [1.807, 2.05) is 24.3 Å². The number of aliphatic carboxylic acids is 1. The average Bonchev–Trinajstić information content (AvgIpc) is 2.52. The van der Waals surface area contributed by atoms with Gasteiger partial charge in [-0.25, -0.2) is 0 Å². The van der Waals surface area contributed by atoms with Gasteiger partial charge in [-0.15, -0.1) is 0 Å². The van der Waals surface area contributed by atoms with Crippen LogP contribution in [0.15, 0.2) is 48.6 Å². The van der Waals surface area contributed by atoms with Crippen LogP contribution in [0.4, 0.5) is 0 Å². The maximum atomic E-state index is 10.3. The monoisotopic (exact) mass is 320 g/mol. The Labute approximate surface area is 141 Å². The molecule has 0 amide bonds. The summed E-state index contributed by atoms with van der Waals surface area (Å²) >= 11 is 0. The van der Waals surface area contributed by atoms with Crippen LogP contribution in [0.1, 0.15) is 64.7 Å². The third-order valence-corrected chi connectivity index (χ3v) is 3.30. The molecule has 23 heavy (non-hydrogen) atoms. The Morgan fingerprint density at radius 3 is 2.43 bits per heavy atom. The molecule has 0 spiro atoms. The number of carboxylic acids is 1. The summed E-state index contributed by atoms with van der Waals surface area (Å²) in [5.41, 5.74) is 0. The van der Waals surface area contributed by atoms with Gasteiger partial charge in [-0.1, -0.05) is 68.4 Å². The van der Waals surface area contributed by atoms with Crippen LogP contribution in [0.2, 0.25) is 0 Å². The molecular formula is C20H32O3. The second-order valence-corrected chi connectivity index (χ2v) is 5.58. The molecule has 0 unspecified atom stereocenters. The molecule has 0 aliphatic carbocycles. The highest BCUT2D eigenvalue weighted by atomic mass is 16.4. The zero-order valence-electron chi connectivity index (χ0n) is 14.4. The molecule has 0 aromatic rings. The first-order valence-electron chi connectivity index (χ1n) is 8.70. The van der Waals surface area contributed by atoms with E-state index in [1.54, 1.807) is 6.08 Å². The number of aliphatic hydroxyl groups excluding tert-OH is 1.